The van der Waals surface area contributed by atoms with E-state index in [9.17, 15) is 14.4 Å². The number of benzene rings is 2. The first-order chi connectivity index (χ1) is 12.6. The van der Waals surface area contributed by atoms with Gasteiger partial charge < -0.3 is 20.9 Å². The molecule has 0 saturated heterocycles. The van der Waals surface area contributed by atoms with Crippen molar-refractivity contribution in [1.82, 2.24) is 10.6 Å². The van der Waals surface area contributed by atoms with E-state index in [1.807, 2.05) is 24.3 Å². The van der Waals surface area contributed by atoms with Crippen LogP contribution in [0.4, 0.5) is 17.1 Å². The number of hydrogen-bond acceptors (Lipinski definition) is 4. The molecule has 3 N–H and O–H groups in total. The molecular weight excluding hydrogens is 332 g/mol. The normalized spacial score (nSPS) is 12.3. The lowest BCUT2D eigenvalue weighted by Gasteiger charge is -2.19. The van der Waals surface area contributed by atoms with Gasteiger partial charge in [0.1, 0.15) is 0 Å². The highest BCUT2D eigenvalue weighted by Crippen LogP contribution is 2.34. The number of anilines is 3. The Hall–Kier alpha value is -3.35. The minimum atomic E-state index is -0.855. The summed E-state index contributed by atoms with van der Waals surface area (Å²) >= 11 is 0. The van der Waals surface area contributed by atoms with Gasteiger partial charge in [0, 0.05) is 30.7 Å². The quantitative estimate of drug-likeness (QED) is 0.721. The fourth-order valence-corrected chi connectivity index (χ4v) is 2.85. The Balaban J connectivity index is 1.61. The summed E-state index contributed by atoms with van der Waals surface area (Å²) in [5, 5.41) is 7.13. The number of rotatable bonds is 4. The molecule has 1 aliphatic rings. The monoisotopic (exact) mass is 352 g/mol. The predicted octanol–water partition coefficient (Wildman–Crippen LogP) is 1.18. The van der Waals surface area contributed by atoms with Crippen LogP contribution in [0.5, 0.6) is 0 Å². The second kappa shape index (κ2) is 7.69. The zero-order valence-electron chi connectivity index (χ0n) is 14.4. The third-order valence-corrected chi connectivity index (χ3v) is 4.22. The first-order valence-corrected chi connectivity index (χ1v) is 8.34. The van der Waals surface area contributed by atoms with Crippen LogP contribution in [0.2, 0.25) is 0 Å². The number of carbonyl (C=O) groups is 3. The zero-order chi connectivity index (χ0) is 18.5. The largest absolute Gasteiger partial charge is 0.358 e. The van der Waals surface area contributed by atoms with Gasteiger partial charge in [-0.25, -0.2) is 0 Å². The molecule has 0 fully saturated rings. The second-order valence-electron chi connectivity index (χ2n) is 5.89. The molecule has 0 spiro atoms. The van der Waals surface area contributed by atoms with Crippen molar-refractivity contribution in [1.29, 1.82) is 0 Å². The summed E-state index contributed by atoms with van der Waals surface area (Å²) in [5.41, 5.74) is 4.05. The van der Waals surface area contributed by atoms with E-state index in [0.29, 0.717) is 5.69 Å². The Bertz CT molecular complexity index is 833. The van der Waals surface area contributed by atoms with E-state index < -0.39 is 11.8 Å². The number of para-hydroxylation sites is 1. The molecule has 3 amide bonds. The molecule has 0 aromatic heterocycles. The number of amides is 3. The molecule has 134 valence electrons. The molecule has 0 saturated carbocycles. The van der Waals surface area contributed by atoms with Gasteiger partial charge in [-0.15, -0.1) is 0 Å². The van der Waals surface area contributed by atoms with Gasteiger partial charge in [-0.05, 0) is 42.3 Å². The highest BCUT2D eigenvalue weighted by molar-refractivity contribution is 6.39. The third-order valence-electron chi connectivity index (χ3n) is 4.22. The highest BCUT2D eigenvalue weighted by atomic mass is 16.2. The van der Waals surface area contributed by atoms with Gasteiger partial charge in [0.05, 0.1) is 6.54 Å². The van der Waals surface area contributed by atoms with Crippen LogP contribution in [0.3, 0.4) is 0 Å². The van der Waals surface area contributed by atoms with Gasteiger partial charge in [-0.3, -0.25) is 14.4 Å². The average molecular weight is 352 g/mol. The molecule has 1 heterocycles. The molecule has 0 aliphatic carbocycles. The highest BCUT2D eigenvalue weighted by Gasteiger charge is 2.20. The van der Waals surface area contributed by atoms with E-state index in [0.717, 1.165) is 18.7 Å². The number of nitrogens with one attached hydrogen (secondary N) is 3. The maximum atomic E-state index is 11.9. The summed E-state index contributed by atoms with van der Waals surface area (Å²) in [5.74, 6) is -2.04. The Morgan fingerprint density at radius 2 is 1.73 bits per heavy atom. The van der Waals surface area contributed by atoms with E-state index in [1.165, 1.54) is 18.3 Å². The number of fused-ring (bicyclic) bond motifs is 1. The topological polar surface area (TPSA) is 90.5 Å². The van der Waals surface area contributed by atoms with Gasteiger partial charge in [-0.1, -0.05) is 18.2 Å². The van der Waals surface area contributed by atoms with Crippen LogP contribution in [0, 0.1) is 0 Å². The van der Waals surface area contributed by atoms with E-state index in [1.54, 1.807) is 12.1 Å². The summed E-state index contributed by atoms with van der Waals surface area (Å²) in [6.45, 7) is 0.670. The Kier molecular flexibility index (Phi) is 5.17. The molecular formula is C19H20N4O3. The van der Waals surface area contributed by atoms with E-state index in [2.05, 4.69) is 33.0 Å². The summed E-state index contributed by atoms with van der Waals surface area (Å²) in [7, 11) is 1.45. The molecule has 26 heavy (non-hydrogen) atoms. The van der Waals surface area contributed by atoms with Crippen molar-refractivity contribution in [3.63, 3.8) is 0 Å². The lowest BCUT2D eigenvalue weighted by molar-refractivity contribution is -0.136. The number of carbonyl (C=O) groups excluding carboxylic acids is 3. The van der Waals surface area contributed by atoms with Crippen LogP contribution in [-0.4, -0.2) is 37.9 Å². The first-order valence-electron chi connectivity index (χ1n) is 8.34. The molecule has 2 aromatic rings. The summed E-state index contributed by atoms with van der Waals surface area (Å²) < 4.78 is 0. The fourth-order valence-electron chi connectivity index (χ4n) is 2.85. The van der Waals surface area contributed by atoms with Crippen molar-refractivity contribution >= 4 is 34.8 Å². The lowest BCUT2D eigenvalue weighted by atomic mass is 10.2. The zero-order valence-corrected chi connectivity index (χ0v) is 14.4. The summed E-state index contributed by atoms with van der Waals surface area (Å²) in [4.78, 5) is 36.8. The third kappa shape index (κ3) is 3.83. The van der Waals surface area contributed by atoms with Crippen LogP contribution < -0.4 is 20.9 Å². The van der Waals surface area contributed by atoms with E-state index >= 15 is 0 Å². The number of nitrogens with zero attached hydrogens (tertiary/aromatic N) is 1. The Labute approximate surface area is 151 Å². The molecule has 0 atom stereocenters. The molecule has 1 aliphatic heterocycles. The van der Waals surface area contributed by atoms with Gasteiger partial charge in [0.2, 0.25) is 5.91 Å². The van der Waals surface area contributed by atoms with Crippen LogP contribution >= 0.6 is 0 Å². The lowest BCUT2D eigenvalue weighted by Crippen LogP contribution is -2.41. The Morgan fingerprint density at radius 3 is 2.46 bits per heavy atom. The molecule has 0 unspecified atom stereocenters. The van der Waals surface area contributed by atoms with Crippen LogP contribution in [0.15, 0.2) is 48.5 Å². The van der Waals surface area contributed by atoms with Gasteiger partial charge in [0.25, 0.3) is 0 Å². The standard InChI is InChI=1S/C19H20N4O3/c1-20-17(24)12-21-18(25)19(26)22-14-6-8-15(9-7-14)23-11-10-13-4-2-3-5-16(13)23/h2-9H,10-12H2,1H3,(H,20,24)(H,21,25)(H,22,26). The maximum absolute atomic E-state index is 11.9. The fraction of sp³-hybridized carbons (Fsp3) is 0.211. The minimum absolute atomic E-state index is 0.240. The van der Waals surface area contributed by atoms with Crippen LogP contribution in [-0.2, 0) is 20.8 Å². The molecule has 3 rings (SSSR count). The first kappa shape index (κ1) is 17.5. The summed E-state index contributed by atoms with van der Waals surface area (Å²) in [6.07, 6.45) is 1.00. The number of hydrogen-bond donors (Lipinski definition) is 3. The molecule has 2 aromatic carbocycles. The maximum Gasteiger partial charge on any atom is 0.313 e. The van der Waals surface area contributed by atoms with Crippen molar-refractivity contribution in [2.75, 3.05) is 30.4 Å². The van der Waals surface area contributed by atoms with Crippen LogP contribution in [0.1, 0.15) is 5.56 Å². The van der Waals surface area contributed by atoms with E-state index in [4.69, 9.17) is 0 Å². The second-order valence-corrected chi connectivity index (χ2v) is 5.89. The predicted molar refractivity (Wildman–Crippen MR) is 99.3 cm³/mol. The van der Waals surface area contributed by atoms with Gasteiger partial charge in [0.15, 0.2) is 0 Å². The van der Waals surface area contributed by atoms with Crippen molar-refractivity contribution < 1.29 is 14.4 Å². The molecule has 7 heteroatoms. The minimum Gasteiger partial charge on any atom is -0.358 e. The van der Waals surface area contributed by atoms with Gasteiger partial charge >= 0.3 is 11.8 Å². The SMILES string of the molecule is CNC(=O)CNC(=O)C(=O)Nc1ccc(N2CCc3ccccc32)cc1. The Morgan fingerprint density at radius 1 is 1.00 bits per heavy atom. The average Bonchev–Trinajstić information content (AvgIpc) is 3.10. The number of likely N-dealkylation sites (N-methyl/N-ethyl adjacent to an activating group) is 1. The summed E-state index contributed by atoms with van der Waals surface area (Å²) in [6, 6.07) is 15.6. The van der Waals surface area contributed by atoms with Crippen LogP contribution in [0.25, 0.3) is 0 Å². The van der Waals surface area contributed by atoms with Crippen molar-refractivity contribution in [2.24, 2.45) is 0 Å². The molecule has 7 nitrogen and oxygen atoms in total. The smallest absolute Gasteiger partial charge is 0.313 e. The van der Waals surface area contributed by atoms with Gasteiger partial charge in [-0.2, -0.15) is 0 Å². The van der Waals surface area contributed by atoms with Crippen molar-refractivity contribution in [3.05, 3.63) is 54.1 Å². The van der Waals surface area contributed by atoms with Crippen molar-refractivity contribution in [3.8, 4) is 0 Å². The van der Waals surface area contributed by atoms with Crippen molar-refractivity contribution in [2.45, 2.75) is 6.42 Å². The van der Waals surface area contributed by atoms with E-state index in [-0.39, 0.29) is 12.5 Å². The molecule has 0 bridgehead atoms. The molecule has 0 radical (unpaired) electrons.